The second kappa shape index (κ2) is 5.51. The van der Waals surface area contributed by atoms with Crippen LogP contribution >= 0.6 is 0 Å². The number of hydrogen-bond acceptors (Lipinski definition) is 4. The third kappa shape index (κ3) is 3.08. The predicted octanol–water partition coefficient (Wildman–Crippen LogP) is 1.85. The first-order valence-corrected chi connectivity index (χ1v) is 4.83. The first kappa shape index (κ1) is 13.3. The number of aromatic nitrogens is 1. The highest BCUT2D eigenvalue weighted by Gasteiger charge is 2.23. The van der Waals surface area contributed by atoms with Crippen LogP contribution in [-0.2, 0) is 16.0 Å². The molecule has 1 aromatic rings. The topological polar surface area (TPSA) is 65.2 Å². The van der Waals surface area contributed by atoms with E-state index in [9.17, 15) is 18.0 Å². The van der Waals surface area contributed by atoms with Crippen LogP contribution in [0.25, 0.3) is 0 Å². The molecule has 0 aromatic carbocycles. The van der Waals surface area contributed by atoms with Crippen LogP contribution in [0.5, 0.6) is 0 Å². The Morgan fingerprint density at radius 2 is 2.24 bits per heavy atom. The van der Waals surface area contributed by atoms with Gasteiger partial charge in [-0.3, -0.25) is 4.79 Å². The molecular weight excluding hydrogens is 237 g/mol. The standard InChI is InChI=1S/C10H11F3N2O2/c1-2-17-7(16)3-5-8(9(12)13)6(11)4-15-10(5)14/h4,9H,2-3H2,1H3,(H2,14,15). The average Bonchev–Trinajstić information content (AvgIpc) is 2.23. The fraction of sp³-hybridized carbons (Fsp3) is 0.400. The summed E-state index contributed by atoms with van der Waals surface area (Å²) in [4.78, 5) is 14.6. The van der Waals surface area contributed by atoms with E-state index >= 15 is 0 Å². The van der Waals surface area contributed by atoms with Crippen molar-refractivity contribution in [2.75, 3.05) is 12.3 Å². The molecule has 1 rings (SSSR count). The van der Waals surface area contributed by atoms with Crippen LogP contribution in [0, 0.1) is 5.82 Å². The van der Waals surface area contributed by atoms with Crippen LogP contribution in [0.15, 0.2) is 6.20 Å². The molecule has 1 aromatic heterocycles. The zero-order valence-electron chi connectivity index (χ0n) is 9.04. The van der Waals surface area contributed by atoms with Crippen molar-refractivity contribution in [1.29, 1.82) is 0 Å². The molecule has 0 unspecified atom stereocenters. The summed E-state index contributed by atoms with van der Waals surface area (Å²) < 4.78 is 43.0. The van der Waals surface area contributed by atoms with Crippen LogP contribution < -0.4 is 5.73 Å². The second-order valence-corrected chi connectivity index (χ2v) is 3.17. The van der Waals surface area contributed by atoms with Gasteiger partial charge in [0.1, 0.15) is 5.82 Å². The molecular formula is C10H11F3N2O2. The number of halogens is 3. The number of rotatable bonds is 4. The van der Waals surface area contributed by atoms with Crippen molar-refractivity contribution < 1.29 is 22.7 Å². The van der Waals surface area contributed by atoms with Crippen molar-refractivity contribution in [2.24, 2.45) is 0 Å². The molecule has 2 N–H and O–H groups in total. The van der Waals surface area contributed by atoms with Crippen molar-refractivity contribution in [1.82, 2.24) is 4.98 Å². The average molecular weight is 248 g/mol. The number of alkyl halides is 2. The predicted molar refractivity (Wildman–Crippen MR) is 53.9 cm³/mol. The van der Waals surface area contributed by atoms with E-state index in [1.165, 1.54) is 0 Å². The van der Waals surface area contributed by atoms with E-state index in [-0.39, 0.29) is 18.0 Å². The van der Waals surface area contributed by atoms with Gasteiger partial charge < -0.3 is 10.5 Å². The Morgan fingerprint density at radius 3 is 2.76 bits per heavy atom. The van der Waals surface area contributed by atoms with Gasteiger partial charge in [0.25, 0.3) is 6.43 Å². The monoisotopic (exact) mass is 248 g/mol. The Bertz CT molecular complexity index is 424. The van der Waals surface area contributed by atoms with E-state index in [0.29, 0.717) is 6.20 Å². The van der Waals surface area contributed by atoms with E-state index in [2.05, 4.69) is 9.72 Å². The van der Waals surface area contributed by atoms with Crippen LogP contribution in [0.2, 0.25) is 0 Å². The minimum atomic E-state index is -3.07. The maximum atomic E-state index is 13.2. The first-order valence-electron chi connectivity index (χ1n) is 4.83. The molecule has 0 bridgehead atoms. The van der Waals surface area contributed by atoms with Gasteiger partial charge in [-0.1, -0.05) is 0 Å². The lowest BCUT2D eigenvalue weighted by molar-refractivity contribution is -0.142. The lowest BCUT2D eigenvalue weighted by Gasteiger charge is -2.11. The number of esters is 1. The molecule has 0 atom stereocenters. The van der Waals surface area contributed by atoms with E-state index in [1.54, 1.807) is 6.92 Å². The largest absolute Gasteiger partial charge is 0.466 e. The number of hydrogen-bond donors (Lipinski definition) is 1. The van der Waals surface area contributed by atoms with Crippen molar-refractivity contribution in [3.63, 3.8) is 0 Å². The lowest BCUT2D eigenvalue weighted by Crippen LogP contribution is -2.13. The van der Waals surface area contributed by atoms with Crippen molar-refractivity contribution >= 4 is 11.8 Å². The number of nitrogens with two attached hydrogens (primary N) is 1. The van der Waals surface area contributed by atoms with Crippen LogP contribution in [0.1, 0.15) is 24.5 Å². The molecule has 7 heteroatoms. The summed E-state index contributed by atoms with van der Waals surface area (Å²) in [6, 6.07) is 0. The highest BCUT2D eigenvalue weighted by molar-refractivity contribution is 5.75. The van der Waals surface area contributed by atoms with Crippen molar-refractivity contribution in [3.05, 3.63) is 23.1 Å². The number of nitrogen functional groups attached to an aromatic ring is 1. The SMILES string of the molecule is CCOC(=O)Cc1c(N)ncc(F)c1C(F)F. The fourth-order valence-corrected chi connectivity index (χ4v) is 1.33. The number of carbonyl (C=O) groups is 1. The molecule has 0 aliphatic rings. The maximum absolute atomic E-state index is 13.2. The molecule has 0 saturated heterocycles. The minimum Gasteiger partial charge on any atom is -0.466 e. The van der Waals surface area contributed by atoms with E-state index < -0.39 is 30.2 Å². The molecule has 0 aliphatic heterocycles. The Morgan fingerprint density at radius 1 is 1.59 bits per heavy atom. The molecule has 0 aliphatic carbocycles. The highest BCUT2D eigenvalue weighted by atomic mass is 19.3. The molecule has 0 radical (unpaired) electrons. The third-order valence-corrected chi connectivity index (χ3v) is 2.05. The van der Waals surface area contributed by atoms with Gasteiger partial charge in [0, 0.05) is 5.56 Å². The van der Waals surface area contributed by atoms with Crippen LogP contribution in [0.3, 0.4) is 0 Å². The summed E-state index contributed by atoms with van der Waals surface area (Å²) in [7, 11) is 0. The number of carbonyl (C=O) groups excluding carboxylic acids is 1. The van der Waals surface area contributed by atoms with Crippen molar-refractivity contribution in [2.45, 2.75) is 19.8 Å². The molecule has 1 heterocycles. The molecule has 0 spiro atoms. The highest BCUT2D eigenvalue weighted by Crippen LogP contribution is 2.28. The Kier molecular flexibility index (Phi) is 4.30. The molecule has 4 nitrogen and oxygen atoms in total. The van der Waals surface area contributed by atoms with Gasteiger partial charge in [-0.05, 0) is 6.92 Å². The molecule has 0 fully saturated rings. The summed E-state index contributed by atoms with van der Waals surface area (Å²) in [5.74, 6) is -2.24. The molecule has 17 heavy (non-hydrogen) atoms. The van der Waals surface area contributed by atoms with Crippen molar-refractivity contribution in [3.8, 4) is 0 Å². The number of anilines is 1. The summed E-state index contributed by atoms with van der Waals surface area (Å²) in [5, 5.41) is 0. The van der Waals surface area contributed by atoms with Gasteiger partial charge >= 0.3 is 5.97 Å². The molecule has 0 saturated carbocycles. The molecule has 94 valence electrons. The summed E-state index contributed by atoms with van der Waals surface area (Å²) in [6.45, 7) is 1.67. The lowest BCUT2D eigenvalue weighted by atomic mass is 10.1. The van der Waals surface area contributed by atoms with Gasteiger partial charge in [-0.25, -0.2) is 18.2 Å². The number of nitrogens with zero attached hydrogens (tertiary/aromatic N) is 1. The van der Waals surface area contributed by atoms with Gasteiger partial charge in [0.15, 0.2) is 5.82 Å². The van der Waals surface area contributed by atoms with E-state index in [1.807, 2.05) is 0 Å². The summed E-state index contributed by atoms with van der Waals surface area (Å²) >= 11 is 0. The summed E-state index contributed by atoms with van der Waals surface area (Å²) in [5.41, 5.74) is 4.14. The quantitative estimate of drug-likeness (QED) is 0.826. The van der Waals surface area contributed by atoms with Gasteiger partial charge in [0.2, 0.25) is 0 Å². The minimum absolute atomic E-state index is 0.103. The normalized spacial score (nSPS) is 10.6. The van der Waals surface area contributed by atoms with Gasteiger partial charge in [0.05, 0.1) is 24.8 Å². The zero-order valence-corrected chi connectivity index (χ0v) is 9.04. The number of ether oxygens (including phenoxy) is 1. The smallest absolute Gasteiger partial charge is 0.310 e. The zero-order chi connectivity index (χ0) is 13.0. The third-order valence-electron chi connectivity index (χ3n) is 2.05. The molecule has 0 amide bonds. The summed E-state index contributed by atoms with van der Waals surface area (Å²) in [6.07, 6.45) is -2.99. The Hall–Kier alpha value is -1.79. The van der Waals surface area contributed by atoms with Gasteiger partial charge in [-0.2, -0.15) is 0 Å². The Labute approximate surface area is 95.6 Å². The van der Waals surface area contributed by atoms with Gasteiger partial charge in [-0.15, -0.1) is 0 Å². The maximum Gasteiger partial charge on any atom is 0.310 e. The Balaban J connectivity index is 3.12. The second-order valence-electron chi connectivity index (χ2n) is 3.17. The van der Waals surface area contributed by atoms with E-state index in [4.69, 9.17) is 5.73 Å². The first-order chi connectivity index (χ1) is 7.97. The fourth-order valence-electron chi connectivity index (χ4n) is 1.33. The van der Waals surface area contributed by atoms with E-state index in [0.717, 1.165) is 0 Å². The van der Waals surface area contributed by atoms with Crippen LogP contribution in [-0.4, -0.2) is 17.6 Å². The van der Waals surface area contributed by atoms with Crippen LogP contribution in [0.4, 0.5) is 19.0 Å². The number of pyridine rings is 1.